The Morgan fingerprint density at radius 3 is 2.73 bits per heavy atom. The molecular formula is C16H16N4S2. The number of pyridine rings is 1. The molecule has 0 saturated heterocycles. The third-order valence-corrected chi connectivity index (χ3v) is 4.85. The molecule has 0 radical (unpaired) electrons. The Bertz CT molecular complexity index is 827. The molecule has 3 aromatic heterocycles. The van der Waals surface area contributed by atoms with Gasteiger partial charge in [0.25, 0.3) is 0 Å². The van der Waals surface area contributed by atoms with E-state index in [1.807, 2.05) is 30.7 Å². The Hall–Kier alpha value is -2.05. The van der Waals surface area contributed by atoms with Crippen LogP contribution >= 0.6 is 22.7 Å². The fourth-order valence-electron chi connectivity index (χ4n) is 2.04. The minimum Gasteiger partial charge on any atom is -0.265 e. The molecule has 112 valence electrons. The fourth-order valence-corrected chi connectivity index (χ4v) is 3.72. The van der Waals surface area contributed by atoms with Gasteiger partial charge in [0.05, 0.1) is 16.3 Å². The van der Waals surface area contributed by atoms with Crippen LogP contribution in [0.2, 0.25) is 0 Å². The summed E-state index contributed by atoms with van der Waals surface area (Å²) in [6, 6.07) is 8.09. The molecule has 0 aliphatic carbocycles. The summed E-state index contributed by atoms with van der Waals surface area (Å²) in [6.07, 6.45) is 3.56. The van der Waals surface area contributed by atoms with Crippen molar-refractivity contribution in [1.82, 2.24) is 9.66 Å². The molecular weight excluding hydrogens is 312 g/mol. The van der Waals surface area contributed by atoms with Crippen LogP contribution < -0.4 is 4.80 Å². The van der Waals surface area contributed by atoms with Crippen molar-refractivity contribution in [1.29, 1.82) is 0 Å². The third-order valence-electron chi connectivity index (χ3n) is 3.10. The zero-order valence-electron chi connectivity index (χ0n) is 12.4. The first-order chi connectivity index (χ1) is 10.8. The van der Waals surface area contributed by atoms with Crippen LogP contribution in [-0.2, 0) is 0 Å². The second-order valence-electron chi connectivity index (χ2n) is 4.59. The molecule has 3 aromatic rings. The van der Waals surface area contributed by atoms with Crippen molar-refractivity contribution in [2.75, 3.05) is 6.54 Å². The number of thiazole rings is 1. The lowest BCUT2D eigenvalue weighted by atomic mass is 10.2. The minimum absolute atomic E-state index is 0.744. The highest BCUT2D eigenvalue weighted by atomic mass is 32.1. The van der Waals surface area contributed by atoms with Crippen molar-refractivity contribution in [3.05, 3.63) is 57.8 Å². The Labute approximate surface area is 137 Å². The molecule has 0 aliphatic heterocycles. The zero-order chi connectivity index (χ0) is 15.4. The highest BCUT2D eigenvalue weighted by molar-refractivity contribution is 7.14. The van der Waals surface area contributed by atoms with Crippen LogP contribution in [0.25, 0.3) is 10.6 Å². The molecule has 3 rings (SSSR count). The number of hydrogen-bond acceptors (Lipinski definition) is 5. The van der Waals surface area contributed by atoms with Crippen LogP contribution in [0.1, 0.15) is 19.4 Å². The van der Waals surface area contributed by atoms with E-state index >= 15 is 0 Å². The molecule has 3 heterocycles. The number of rotatable bonds is 4. The monoisotopic (exact) mass is 328 g/mol. The first-order valence-corrected chi connectivity index (χ1v) is 8.76. The lowest BCUT2D eigenvalue weighted by molar-refractivity contribution is 0.829. The molecule has 0 amide bonds. The van der Waals surface area contributed by atoms with Gasteiger partial charge >= 0.3 is 0 Å². The number of nitrogens with zero attached hydrogens (tertiary/aromatic N) is 4. The Balaban J connectivity index is 2.13. The molecule has 0 spiro atoms. The first-order valence-electron chi connectivity index (χ1n) is 7.00. The molecule has 6 heteroatoms. The highest BCUT2D eigenvalue weighted by Crippen LogP contribution is 2.25. The van der Waals surface area contributed by atoms with Crippen molar-refractivity contribution in [3.8, 4) is 10.6 Å². The van der Waals surface area contributed by atoms with E-state index in [0.717, 1.165) is 28.3 Å². The molecule has 0 aromatic carbocycles. The van der Waals surface area contributed by atoms with Gasteiger partial charge in [0.15, 0.2) is 0 Å². The second kappa shape index (κ2) is 6.81. The summed E-state index contributed by atoms with van der Waals surface area (Å²) in [6.45, 7) is 4.79. The van der Waals surface area contributed by atoms with E-state index in [4.69, 9.17) is 5.10 Å². The maximum atomic E-state index is 4.79. The maximum Gasteiger partial charge on any atom is 0.206 e. The minimum atomic E-state index is 0.744. The molecule has 0 unspecified atom stereocenters. The summed E-state index contributed by atoms with van der Waals surface area (Å²) in [4.78, 5) is 10.7. The predicted molar refractivity (Wildman–Crippen MR) is 93.6 cm³/mol. The van der Waals surface area contributed by atoms with Gasteiger partial charge < -0.3 is 0 Å². The Morgan fingerprint density at radius 1 is 1.23 bits per heavy atom. The van der Waals surface area contributed by atoms with Crippen LogP contribution in [0.15, 0.2) is 57.5 Å². The fraction of sp³-hybridized carbons (Fsp3) is 0.188. The van der Waals surface area contributed by atoms with Gasteiger partial charge in [0.1, 0.15) is 0 Å². The van der Waals surface area contributed by atoms with Crippen molar-refractivity contribution >= 4 is 28.4 Å². The zero-order valence-corrected chi connectivity index (χ0v) is 14.1. The van der Waals surface area contributed by atoms with E-state index in [9.17, 15) is 0 Å². The van der Waals surface area contributed by atoms with Crippen molar-refractivity contribution in [3.63, 3.8) is 0 Å². The Kier molecular flexibility index (Phi) is 4.60. The Morgan fingerprint density at radius 2 is 2.05 bits per heavy atom. The van der Waals surface area contributed by atoms with Gasteiger partial charge in [-0.3, -0.25) is 9.98 Å². The van der Waals surface area contributed by atoms with Crippen molar-refractivity contribution < 1.29 is 0 Å². The molecule has 0 N–H and O–H groups in total. The van der Waals surface area contributed by atoms with Crippen molar-refractivity contribution in [2.45, 2.75) is 13.8 Å². The molecule has 0 saturated carbocycles. The normalized spacial score (nSPS) is 12.8. The molecule has 0 fully saturated rings. The third kappa shape index (κ3) is 3.08. The molecule has 4 nitrogen and oxygen atoms in total. The van der Waals surface area contributed by atoms with E-state index in [-0.39, 0.29) is 0 Å². The van der Waals surface area contributed by atoms with Crippen LogP contribution in [0, 0.1) is 0 Å². The van der Waals surface area contributed by atoms with Crippen LogP contribution in [0.3, 0.4) is 0 Å². The molecule has 0 bridgehead atoms. The maximum absolute atomic E-state index is 4.79. The van der Waals surface area contributed by atoms with Gasteiger partial charge in [-0.1, -0.05) is 6.07 Å². The van der Waals surface area contributed by atoms with Gasteiger partial charge in [-0.2, -0.15) is 5.10 Å². The average Bonchev–Trinajstić information content (AvgIpc) is 3.19. The highest BCUT2D eigenvalue weighted by Gasteiger charge is 2.09. The standard InChI is InChI=1S/C16H16N4S2/c1-3-18-16-20(14(11-22-16)15-5-4-10-21-15)19-12(2)13-6-8-17-9-7-13/h4-11H,3H2,1-2H3. The van der Waals surface area contributed by atoms with Gasteiger partial charge in [-0.25, -0.2) is 4.68 Å². The smallest absolute Gasteiger partial charge is 0.206 e. The van der Waals surface area contributed by atoms with Gasteiger partial charge in [0, 0.05) is 29.9 Å². The summed E-state index contributed by atoms with van der Waals surface area (Å²) >= 11 is 3.33. The van der Waals surface area contributed by atoms with E-state index in [1.165, 1.54) is 4.88 Å². The largest absolute Gasteiger partial charge is 0.265 e. The first kappa shape index (κ1) is 14.9. The van der Waals surface area contributed by atoms with E-state index in [0.29, 0.717) is 0 Å². The number of hydrogen-bond donors (Lipinski definition) is 0. The SMILES string of the molecule is CCN=c1scc(-c2cccs2)n1N=C(C)c1ccncc1. The molecule has 22 heavy (non-hydrogen) atoms. The van der Waals surface area contributed by atoms with Gasteiger partial charge in [-0.05, 0) is 37.4 Å². The predicted octanol–water partition coefficient (Wildman–Crippen LogP) is 3.87. The number of thiophene rings is 1. The summed E-state index contributed by atoms with van der Waals surface area (Å²) < 4.78 is 1.94. The lowest BCUT2D eigenvalue weighted by Gasteiger charge is -2.04. The van der Waals surface area contributed by atoms with E-state index in [1.54, 1.807) is 35.1 Å². The second-order valence-corrected chi connectivity index (χ2v) is 6.37. The van der Waals surface area contributed by atoms with Crippen LogP contribution in [0.4, 0.5) is 0 Å². The number of aromatic nitrogens is 2. The summed E-state index contributed by atoms with van der Waals surface area (Å²) in [7, 11) is 0. The van der Waals surface area contributed by atoms with Crippen LogP contribution in [-0.4, -0.2) is 21.9 Å². The molecule has 0 aliphatic rings. The topological polar surface area (TPSA) is 42.5 Å². The van der Waals surface area contributed by atoms with Gasteiger partial charge in [-0.15, -0.1) is 22.7 Å². The summed E-state index contributed by atoms with van der Waals surface area (Å²) in [5, 5.41) is 8.98. The summed E-state index contributed by atoms with van der Waals surface area (Å²) in [5.41, 5.74) is 3.09. The van der Waals surface area contributed by atoms with Crippen molar-refractivity contribution in [2.24, 2.45) is 10.1 Å². The summed E-state index contributed by atoms with van der Waals surface area (Å²) in [5.74, 6) is 0. The molecule has 0 atom stereocenters. The van der Waals surface area contributed by atoms with E-state index < -0.39 is 0 Å². The average molecular weight is 328 g/mol. The van der Waals surface area contributed by atoms with Gasteiger partial charge in [0.2, 0.25) is 4.80 Å². The van der Waals surface area contributed by atoms with E-state index in [2.05, 4.69) is 32.9 Å². The van der Waals surface area contributed by atoms with Crippen LogP contribution in [0.5, 0.6) is 0 Å². The lowest BCUT2D eigenvalue weighted by Crippen LogP contribution is -2.14. The quantitative estimate of drug-likeness (QED) is 0.670.